The Bertz CT molecular complexity index is 334. The summed E-state index contributed by atoms with van der Waals surface area (Å²) in [6.45, 7) is 0.116. The van der Waals surface area contributed by atoms with Crippen LogP contribution in [0.1, 0.15) is 32.1 Å². The summed E-state index contributed by atoms with van der Waals surface area (Å²) < 4.78 is 0. The number of carboxylic acid groups (broad SMARTS) is 1. The minimum absolute atomic E-state index is 0.116. The molecule has 2 N–H and O–H groups in total. The van der Waals surface area contributed by atoms with E-state index < -0.39 is 18.1 Å². The molecule has 1 aliphatic heterocycles. The molecule has 0 aromatic heterocycles. The van der Waals surface area contributed by atoms with Gasteiger partial charge in [-0.3, -0.25) is 4.79 Å². The van der Waals surface area contributed by atoms with Crippen molar-refractivity contribution in [3.8, 4) is 12.3 Å². The molecule has 0 spiro atoms. The average Bonchev–Trinajstić information content (AvgIpc) is 2.66. The zero-order chi connectivity index (χ0) is 12.8. The fourth-order valence-electron chi connectivity index (χ4n) is 1.97. The Morgan fingerprint density at radius 2 is 2.12 bits per heavy atom. The molecule has 1 heterocycles. The lowest BCUT2D eigenvalue weighted by Gasteiger charge is -2.20. The Morgan fingerprint density at radius 1 is 1.41 bits per heavy atom. The highest BCUT2D eigenvalue weighted by molar-refractivity contribution is 5.84. The maximum atomic E-state index is 11.8. The van der Waals surface area contributed by atoms with Crippen LogP contribution in [0.25, 0.3) is 0 Å². The predicted octanol–water partition coefficient (Wildman–Crippen LogP) is 0.226. The summed E-state index contributed by atoms with van der Waals surface area (Å²) in [5.41, 5.74) is 0. The molecule has 0 aliphatic carbocycles. The quantitative estimate of drug-likeness (QED) is 0.531. The molecule has 0 radical (unpaired) electrons. The van der Waals surface area contributed by atoms with Gasteiger partial charge in [-0.15, -0.1) is 12.3 Å². The number of terminal acetylenes is 1. The predicted molar refractivity (Wildman–Crippen MR) is 61.1 cm³/mol. The van der Waals surface area contributed by atoms with Gasteiger partial charge in [0.25, 0.3) is 0 Å². The molecule has 0 bridgehead atoms. The topological polar surface area (TPSA) is 77.8 Å². The second kappa shape index (κ2) is 6.26. The van der Waals surface area contributed by atoms with Crippen LogP contribution < -0.4 is 0 Å². The van der Waals surface area contributed by atoms with Crippen molar-refractivity contribution in [3.05, 3.63) is 0 Å². The number of unbranched alkanes of at least 4 members (excludes halogenated alkanes) is 2. The fraction of sp³-hybridized carbons (Fsp3) is 0.667. The SMILES string of the molecule is C#CCCCCC(=O)N1CC(O)CC1C(=O)O. The highest BCUT2D eigenvalue weighted by Gasteiger charge is 2.38. The molecule has 1 rings (SSSR count). The largest absolute Gasteiger partial charge is 0.480 e. The molecule has 2 unspecified atom stereocenters. The van der Waals surface area contributed by atoms with E-state index in [9.17, 15) is 14.7 Å². The van der Waals surface area contributed by atoms with E-state index in [0.717, 1.165) is 6.42 Å². The van der Waals surface area contributed by atoms with Gasteiger partial charge >= 0.3 is 5.97 Å². The lowest BCUT2D eigenvalue weighted by molar-refractivity contribution is -0.148. The molecule has 0 aromatic carbocycles. The van der Waals surface area contributed by atoms with Crippen LogP contribution in [0.2, 0.25) is 0 Å². The van der Waals surface area contributed by atoms with Gasteiger partial charge in [-0.25, -0.2) is 4.79 Å². The molecule has 2 atom stereocenters. The average molecular weight is 239 g/mol. The zero-order valence-corrected chi connectivity index (χ0v) is 9.63. The van der Waals surface area contributed by atoms with E-state index in [1.165, 1.54) is 4.90 Å². The number of hydrogen-bond donors (Lipinski definition) is 2. The van der Waals surface area contributed by atoms with Gasteiger partial charge in [-0.05, 0) is 12.8 Å². The first-order valence-corrected chi connectivity index (χ1v) is 5.70. The van der Waals surface area contributed by atoms with Crippen molar-refractivity contribution in [1.82, 2.24) is 4.90 Å². The number of amides is 1. The third-order valence-corrected chi connectivity index (χ3v) is 2.85. The molecular formula is C12H17NO4. The van der Waals surface area contributed by atoms with E-state index in [1.807, 2.05) is 0 Å². The number of carboxylic acids is 1. The molecule has 1 aliphatic rings. The second-order valence-corrected chi connectivity index (χ2v) is 4.20. The lowest BCUT2D eigenvalue weighted by Crippen LogP contribution is -2.40. The van der Waals surface area contributed by atoms with Gasteiger partial charge in [-0.2, -0.15) is 0 Å². The summed E-state index contributed by atoms with van der Waals surface area (Å²) in [6.07, 6.45) is 6.81. The van der Waals surface area contributed by atoms with Gasteiger partial charge in [-0.1, -0.05) is 0 Å². The monoisotopic (exact) mass is 239 g/mol. The first-order chi connectivity index (χ1) is 8.06. The summed E-state index contributed by atoms with van der Waals surface area (Å²) in [5.74, 6) is 1.21. The number of β-amino-alcohol motifs (C(OH)–C–C–N with tert-alkyl or cyclic N) is 1. The van der Waals surface area contributed by atoms with E-state index in [4.69, 9.17) is 11.5 Å². The minimum Gasteiger partial charge on any atom is -0.480 e. The molecule has 17 heavy (non-hydrogen) atoms. The molecule has 94 valence electrons. The van der Waals surface area contributed by atoms with Crippen molar-refractivity contribution in [2.24, 2.45) is 0 Å². The number of carbonyl (C=O) groups is 2. The number of aliphatic hydroxyl groups is 1. The summed E-state index contributed by atoms with van der Waals surface area (Å²) in [6, 6.07) is -0.884. The number of aliphatic carboxylic acids is 1. The van der Waals surface area contributed by atoms with Crippen LogP contribution in [0, 0.1) is 12.3 Å². The zero-order valence-electron chi connectivity index (χ0n) is 9.63. The van der Waals surface area contributed by atoms with E-state index in [0.29, 0.717) is 12.8 Å². The third kappa shape index (κ3) is 3.75. The summed E-state index contributed by atoms with van der Waals surface area (Å²) in [7, 11) is 0. The van der Waals surface area contributed by atoms with Crippen LogP contribution in [-0.4, -0.2) is 45.7 Å². The van der Waals surface area contributed by atoms with E-state index in [-0.39, 0.29) is 25.3 Å². The van der Waals surface area contributed by atoms with Crippen molar-refractivity contribution in [3.63, 3.8) is 0 Å². The Morgan fingerprint density at radius 3 is 2.71 bits per heavy atom. The number of nitrogens with zero attached hydrogens (tertiary/aromatic N) is 1. The van der Waals surface area contributed by atoms with Crippen molar-refractivity contribution >= 4 is 11.9 Å². The first kappa shape index (κ1) is 13.5. The Kier molecular flexibility index (Phi) is 4.98. The molecule has 1 amide bonds. The molecule has 0 aromatic rings. The standard InChI is InChI=1S/C12H17NO4/c1-2-3-4-5-6-11(15)13-8-9(14)7-10(13)12(16)17/h1,9-10,14H,3-8H2,(H,16,17). The van der Waals surface area contributed by atoms with Crippen LogP contribution in [0.4, 0.5) is 0 Å². The van der Waals surface area contributed by atoms with Gasteiger partial charge in [0, 0.05) is 25.8 Å². The van der Waals surface area contributed by atoms with Gasteiger partial charge in [0.05, 0.1) is 6.10 Å². The van der Waals surface area contributed by atoms with Gasteiger partial charge < -0.3 is 15.1 Å². The Labute approximate surface area is 100 Å². The summed E-state index contributed by atoms with van der Waals surface area (Å²) in [4.78, 5) is 23.9. The van der Waals surface area contributed by atoms with Gasteiger partial charge in [0.2, 0.25) is 5.91 Å². The van der Waals surface area contributed by atoms with Gasteiger partial charge in [0.1, 0.15) is 6.04 Å². The van der Waals surface area contributed by atoms with Crippen LogP contribution in [0.5, 0.6) is 0 Å². The maximum absolute atomic E-state index is 11.8. The van der Waals surface area contributed by atoms with E-state index in [1.54, 1.807) is 0 Å². The smallest absolute Gasteiger partial charge is 0.326 e. The minimum atomic E-state index is -1.06. The van der Waals surface area contributed by atoms with Crippen molar-refractivity contribution in [2.45, 2.75) is 44.2 Å². The van der Waals surface area contributed by atoms with Crippen molar-refractivity contribution in [2.75, 3.05) is 6.54 Å². The summed E-state index contributed by atoms with van der Waals surface area (Å²) >= 11 is 0. The van der Waals surface area contributed by atoms with Crippen LogP contribution in [0.15, 0.2) is 0 Å². The van der Waals surface area contributed by atoms with Crippen LogP contribution >= 0.6 is 0 Å². The third-order valence-electron chi connectivity index (χ3n) is 2.85. The summed E-state index contributed by atoms with van der Waals surface area (Å²) in [5, 5.41) is 18.3. The highest BCUT2D eigenvalue weighted by atomic mass is 16.4. The molecule has 0 saturated carbocycles. The second-order valence-electron chi connectivity index (χ2n) is 4.20. The fourth-order valence-corrected chi connectivity index (χ4v) is 1.97. The maximum Gasteiger partial charge on any atom is 0.326 e. The number of aliphatic hydroxyl groups excluding tert-OH is 1. The highest BCUT2D eigenvalue weighted by Crippen LogP contribution is 2.19. The number of likely N-dealkylation sites (tertiary alicyclic amines) is 1. The lowest BCUT2D eigenvalue weighted by atomic mass is 10.1. The molecular weight excluding hydrogens is 222 g/mol. The molecule has 1 saturated heterocycles. The van der Waals surface area contributed by atoms with Gasteiger partial charge in [0.15, 0.2) is 0 Å². The van der Waals surface area contributed by atoms with E-state index >= 15 is 0 Å². The number of carbonyl (C=O) groups excluding carboxylic acids is 1. The molecule has 5 heteroatoms. The Hall–Kier alpha value is -1.54. The Balaban J connectivity index is 2.44. The molecule has 5 nitrogen and oxygen atoms in total. The van der Waals surface area contributed by atoms with Crippen molar-refractivity contribution in [1.29, 1.82) is 0 Å². The van der Waals surface area contributed by atoms with Crippen molar-refractivity contribution < 1.29 is 19.8 Å². The number of hydrogen-bond acceptors (Lipinski definition) is 3. The van der Waals surface area contributed by atoms with E-state index in [2.05, 4.69) is 5.92 Å². The molecule has 1 fully saturated rings. The van der Waals surface area contributed by atoms with Crippen LogP contribution in [-0.2, 0) is 9.59 Å². The van der Waals surface area contributed by atoms with Crippen LogP contribution in [0.3, 0.4) is 0 Å². The normalized spacial score (nSPS) is 23.4. The first-order valence-electron chi connectivity index (χ1n) is 5.70. The number of rotatable bonds is 5.